The first kappa shape index (κ1) is 14.0. The molecule has 1 aliphatic carbocycles. The number of nitrogens with zero attached hydrogens (tertiary/aromatic N) is 1. The molecule has 1 fully saturated rings. The second-order valence-corrected chi connectivity index (χ2v) is 6.69. The summed E-state index contributed by atoms with van der Waals surface area (Å²) >= 11 is 0. The average molecular weight is 307 g/mol. The van der Waals surface area contributed by atoms with Crippen molar-refractivity contribution in [3.63, 3.8) is 0 Å². The molecule has 1 aromatic rings. The number of likely N-dealkylation sites (N-methyl/N-ethyl adjacent to an activating group) is 1. The fourth-order valence-corrected chi connectivity index (χ4v) is 4.10. The summed E-state index contributed by atoms with van der Waals surface area (Å²) in [5, 5.41) is 0. The summed E-state index contributed by atoms with van der Waals surface area (Å²) < 4.78 is 35.6. The molecule has 0 radical (unpaired) electrons. The minimum absolute atomic E-state index is 0.112. The van der Waals surface area contributed by atoms with Gasteiger partial charge in [0, 0.05) is 11.5 Å². The van der Waals surface area contributed by atoms with E-state index < -0.39 is 6.29 Å². The van der Waals surface area contributed by atoms with Gasteiger partial charge in [-0.15, -0.1) is 8.78 Å². The summed E-state index contributed by atoms with van der Waals surface area (Å²) in [6, 6.07) is 5.62. The van der Waals surface area contributed by atoms with Gasteiger partial charge in [-0.2, -0.15) is 0 Å². The number of ether oxygens (including phenoxy) is 2. The Morgan fingerprint density at radius 2 is 2.00 bits per heavy atom. The number of halogens is 2. The molecule has 3 atom stereocenters. The normalized spacial score (nSPS) is 35.6. The minimum Gasteiger partial charge on any atom is -0.395 e. The first-order chi connectivity index (χ1) is 10.4. The van der Waals surface area contributed by atoms with Crippen LogP contribution in [0.4, 0.5) is 8.78 Å². The average Bonchev–Trinajstić information content (AvgIpc) is 2.95. The molecule has 1 aromatic carbocycles. The molecule has 3 nitrogen and oxygen atoms in total. The Labute approximate surface area is 128 Å². The predicted octanol–water partition coefficient (Wildman–Crippen LogP) is 3.55. The lowest BCUT2D eigenvalue weighted by atomic mass is 9.68. The second-order valence-electron chi connectivity index (χ2n) is 6.69. The van der Waals surface area contributed by atoms with E-state index in [4.69, 9.17) is 0 Å². The van der Waals surface area contributed by atoms with Crippen LogP contribution in [0.3, 0.4) is 0 Å². The number of hydrogen-bond donors (Lipinski definition) is 0. The predicted molar refractivity (Wildman–Crippen MR) is 78.3 cm³/mol. The van der Waals surface area contributed by atoms with Crippen LogP contribution in [0.2, 0.25) is 0 Å². The molecule has 0 N–H and O–H groups in total. The standard InChI is InChI=1S/C17H19F2NO2/c1-11-5-6-16(7-8-20(2)15(16)9-11)12-3-4-13-14(10-12)22-17(18,19)21-13/h3-6,10-11,15H,7-9H2,1-2H3/t11?,15-,16-/m0/s1. The Hall–Kier alpha value is -1.62. The van der Waals surface area contributed by atoms with Crippen molar-refractivity contribution in [1.29, 1.82) is 0 Å². The van der Waals surface area contributed by atoms with Crippen molar-refractivity contribution in [2.75, 3.05) is 13.6 Å². The molecular formula is C17H19F2NO2. The van der Waals surface area contributed by atoms with Crippen LogP contribution in [-0.2, 0) is 5.41 Å². The van der Waals surface area contributed by atoms with E-state index in [1.165, 1.54) is 0 Å². The van der Waals surface area contributed by atoms with Gasteiger partial charge < -0.3 is 14.4 Å². The highest BCUT2D eigenvalue weighted by atomic mass is 19.3. The van der Waals surface area contributed by atoms with Crippen LogP contribution in [-0.4, -0.2) is 30.8 Å². The van der Waals surface area contributed by atoms with Crippen molar-refractivity contribution in [3.05, 3.63) is 35.9 Å². The zero-order chi connectivity index (χ0) is 15.5. The van der Waals surface area contributed by atoms with Crippen molar-refractivity contribution in [1.82, 2.24) is 4.90 Å². The van der Waals surface area contributed by atoms with E-state index in [1.54, 1.807) is 12.1 Å². The summed E-state index contributed by atoms with van der Waals surface area (Å²) in [5.74, 6) is 0.787. The van der Waals surface area contributed by atoms with Gasteiger partial charge in [0.05, 0.1) is 0 Å². The molecule has 5 heteroatoms. The molecule has 0 spiro atoms. The third-order valence-electron chi connectivity index (χ3n) is 5.26. The number of fused-ring (bicyclic) bond motifs is 2. The molecule has 0 amide bonds. The monoisotopic (exact) mass is 307 g/mol. The van der Waals surface area contributed by atoms with Gasteiger partial charge in [0.2, 0.25) is 0 Å². The van der Waals surface area contributed by atoms with E-state index in [1.807, 2.05) is 6.07 Å². The lowest BCUT2D eigenvalue weighted by Crippen LogP contribution is -2.43. The van der Waals surface area contributed by atoms with E-state index in [9.17, 15) is 8.78 Å². The fraction of sp³-hybridized carbons (Fsp3) is 0.529. The lowest BCUT2D eigenvalue weighted by Gasteiger charge is -2.40. The number of likely N-dealkylation sites (tertiary alicyclic amines) is 1. The number of benzene rings is 1. The third-order valence-corrected chi connectivity index (χ3v) is 5.26. The highest BCUT2D eigenvalue weighted by Crippen LogP contribution is 2.49. The SMILES string of the molecule is CC1C=C[C@@]2(c3ccc4c(c3)OC(F)(F)O4)CCN(C)[C@H]2C1. The fourth-order valence-electron chi connectivity index (χ4n) is 4.10. The molecule has 118 valence electrons. The topological polar surface area (TPSA) is 21.7 Å². The van der Waals surface area contributed by atoms with Crippen molar-refractivity contribution < 1.29 is 18.3 Å². The molecule has 0 aromatic heterocycles. The van der Waals surface area contributed by atoms with Crippen LogP contribution in [0.5, 0.6) is 11.5 Å². The highest BCUT2D eigenvalue weighted by Gasteiger charge is 2.49. The van der Waals surface area contributed by atoms with Crippen molar-refractivity contribution in [3.8, 4) is 11.5 Å². The molecule has 22 heavy (non-hydrogen) atoms. The summed E-state index contributed by atoms with van der Waals surface area (Å²) in [6.45, 7) is 3.22. The maximum Gasteiger partial charge on any atom is 0.586 e. The number of rotatable bonds is 1. The summed E-state index contributed by atoms with van der Waals surface area (Å²) in [5.41, 5.74) is 0.919. The lowest BCUT2D eigenvalue weighted by molar-refractivity contribution is -0.286. The minimum atomic E-state index is -3.55. The smallest absolute Gasteiger partial charge is 0.395 e. The molecule has 2 heterocycles. The Kier molecular flexibility index (Phi) is 2.83. The van der Waals surface area contributed by atoms with Gasteiger partial charge in [-0.25, -0.2) is 0 Å². The maximum absolute atomic E-state index is 13.2. The molecule has 3 aliphatic rings. The number of alkyl halides is 2. The zero-order valence-electron chi connectivity index (χ0n) is 12.7. The van der Waals surface area contributed by atoms with Crippen LogP contribution in [0.15, 0.2) is 30.4 Å². The van der Waals surface area contributed by atoms with E-state index >= 15 is 0 Å². The Balaban J connectivity index is 1.77. The Morgan fingerprint density at radius 3 is 2.82 bits per heavy atom. The van der Waals surface area contributed by atoms with Crippen molar-refractivity contribution in [2.45, 2.75) is 37.5 Å². The first-order valence-electron chi connectivity index (χ1n) is 7.70. The second kappa shape index (κ2) is 4.44. The molecule has 0 bridgehead atoms. The van der Waals surface area contributed by atoms with Gasteiger partial charge in [-0.1, -0.05) is 25.1 Å². The maximum atomic E-state index is 13.2. The van der Waals surface area contributed by atoms with Gasteiger partial charge in [0.25, 0.3) is 0 Å². The Morgan fingerprint density at radius 1 is 1.23 bits per heavy atom. The van der Waals surface area contributed by atoms with Crippen LogP contribution in [0.25, 0.3) is 0 Å². The van der Waals surface area contributed by atoms with E-state index in [-0.39, 0.29) is 16.9 Å². The van der Waals surface area contributed by atoms with Gasteiger partial charge >= 0.3 is 6.29 Å². The van der Waals surface area contributed by atoms with Crippen LogP contribution in [0, 0.1) is 5.92 Å². The van der Waals surface area contributed by atoms with Gasteiger partial charge in [-0.3, -0.25) is 0 Å². The van der Waals surface area contributed by atoms with Crippen LogP contribution < -0.4 is 9.47 Å². The van der Waals surface area contributed by atoms with Crippen molar-refractivity contribution in [2.24, 2.45) is 5.92 Å². The van der Waals surface area contributed by atoms with Crippen LogP contribution in [0.1, 0.15) is 25.3 Å². The van der Waals surface area contributed by atoms with E-state index in [0.29, 0.717) is 12.0 Å². The first-order valence-corrected chi connectivity index (χ1v) is 7.70. The molecule has 1 saturated heterocycles. The zero-order valence-corrected chi connectivity index (χ0v) is 12.7. The van der Waals surface area contributed by atoms with Gasteiger partial charge in [0.1, 0.15) is 0 Å². The largest absolute Gasteiger partial charge is 0.586 e. The molecule has 1 unspecified atom stereocenters. The quantitative estimate of drug-likeness (QED) is 0.741. The third kappa shape index (κ3) is 1.95. The molecule has 0 saturated carbocycles. The summed E-state index contributed by atoms with van der Waals surface area (Å²) in [4.78, 5) is 2.37. The van der Waals surface area contributed by atoms with Gasteiger partial charge in [0.15, 0.2) is 11.5 Å². The Bertz CT molecular complexity index is 646. The molecule has 2 aliphatic heterocycles. The van der Waals surface area contributed by atoms with Crippen LogP contribution >= 0.6 is 0 Å². The van der Waals surface area contributed by atoms with E-state index in [0.717, 1.165) is 24.9 Å². The summed E-state index contributed by atoms with van der Waals surface area (Å²) in [7, 11) is 2.14. The van der Waals surface area contributed by atoms with E-state index in [2.05, 4.69) is 40.5 Å². The van der Waals surface area contributed by atoms with Gasteiger partial charge in [-0.05, 0) is 50.0 Å². The summed E-state index contributed by atoms with van der Waals surface area (Å²) in [6.07, 6.45) is 3.03. The van der Waals surface area contributed by atoms with Crippen molar-refractivity contribution >= 4 is 0 Å². The number of allylic oxidation sites excluding steroid dienone is 1. The number of hydrogen-bond acceptors (Lipinski definition) is 3. The molecular weight excluding hydrogens is 288 g/mol. The highest BCUT2D eigenvalue weighted by molar-refractivity contribution is 5.50. The molecule has 4 rings (SSSR count).